The molecule has 0 saturated carbocycles. The van der Waals surface area contributed by atoms with Gasteiger partial charge in [0.25, 0.3) is 0 Å². The van der Waals surface area contributed by atoms with Crippen molar-refractivity contribution in [1.82, 2.24) is 19.6 Å². The molecule has 1 aliphatic heterocycles. The number of hydrogen-bond acceptors (Lipinski definition) is 6. The number of sulfonamides is 1. The molecular formula is C31H33FN4O4S. The summed E-state index contributed by atoms with van der Waals surface area (Å²) >= 11 is 0. The van der Waals surface area contributed by atoms with E-state index >= 15 is 0 Å². The molecule has 0 amide bonds. The van der Waals surface area contributed by atoms with Crippen molar-refractivity contribution in [3.63, 3.8) is 0 Å². The van der Waals surface area contributed by atoms with Crippen molar-refractivity contribution in [1.29, 1.82) is 0 Å². The van der Waals surface area contributed by atoms with Gasteiger partial charge in [0.2, 0.25) is 10.0 Å². The van der Waals surface area contributed by atoms with Crippen LogP contribution in [0.15, 0.2) is 90.2 Å². The first-order valence-corrected chi connectivity index (χ1v) is 15.0. The van der Waals surface area contributed by atoms with Crippen LogP contribution in [0.25, 0.3) is 28.0 Å². The van der Waals surface area contributed by atoms with E-state index in [9.17, 15) is 12.8 Å². The maximum Gasteiger partial charge on any atom is 0.240 e. The van der Waals surface area contributed by atoms with Gasteiger partial charge in [0.15, 0.2) is 0 Å². The first-order valence-electron chi connectivity index (χ1n) is 13.5. The van der Waals surface area contributed by atoms with E-state index in [1.807, 2.05) is 18.3 Å². The van der Waals surface area contributed by atoms with Crippen molar-refractivity contribution < 1.29 is 23.0 Å². The third kappa shape index (κ3) is 6.80. The van der Waals surface area contributed by atoms with E-state index in [1.54, 1.807) is 48.8 Å². The molecule has 4 N–H and O–H groups in total. The number of hydrogen-bond donors (Lipinski definition) is 4. The number of pyridine rings is 1. The molecule has 0 spiro atoms. The quantitative estimate of drug-likeness (QED) is 0.216. The lowest BCUT2D eigenvalue weighted by Gasteiger charge is -2.26. The Balaban J connectivity index is 1.26. The van der Waals surface area contributed by atoms with Crippen LogP contribution in [0.2, 0.25) is 0 Å². The van der Waals surface area contributed by atoms with E-state index in [1.165, 1.54) is 17.7 Å². The third-order valence-electron chi connectivity index (χ3n) is 7.33. The van der Waals surface area contributed by atoms with Crippen LogP contribution < -0.4 is 4.72 Å². The van der Waals surface area contributed by atoms with Crippen LogP contribution in [0, 0.1) is 5.82 Å². The Morgan fingerprint density at radius 1 is 0.976 bits per heavy atom. The Bertz CT molecular complexity index is 1580. The predicted molar refractivity (Wildman–Crippen MR) is 157 cm³/mol. The molecule has 41 heavy (non-hydrogen) atoms. The first kappa shape index (κ1) is 28.8. The topological polar surface area (TPSA) is 119 Å². The molecule has 4 aromatic rings. The molecule has 10 heteroatoms. The second-order valence-corrected chi connectivity index (χ2v) is 11.8. The fourth-order valence-electron chi connectivity index (χ4n) is 5.04. The lowest BCUT2D eigenvalue weighted by molar-refractivity contribution is 0.185. The summed E-state index contributed by atoms with van der Waals surface area (Å²) in [6.07, 6.45) is 9.48. The lowest BCUT2D eigenvalue weighted by Crippen LogP contribution is -2.39. The van der Waals surface area contributed by atoms with Crippen molar-refractivity contribution in [2.24, 2.45) is 0 Å². The standard InChI is InChI=1S/C31H33FN4O4S/c32-26-5-3-25(4-6-26)31-30(24-9-14-33-15-10-24)29(19-34-31)23-12-17-36(18-13-23)16-11-22-1-7-28(8-2-22)41(39,40)35-27(20-37)21-38/h1-10,12,14-15,19,27,34-35,37-38H,11,13,16-18,20-21H2. The number of nitrogens with zero attached hydrogens (tertiary/aromatic N) is 2. The van der Waals surface area contributed by atoms with Crippen LogP contribution in [0.4, 0.5) is 4.39 Å². The molecular weight excluding hydrogens is 543 g/mol. The number of benzene rings is 2. The summed E-state index contributed by atoms with van der Waals surface area (Å²) in [7, 11) is -3.82. The fourth-order valence-corrected chi connectivity index (χ4v) is 6.26. The van der Waals surface area contributed by atoms with Crippen molar-refractivity contribution in [3.8, 4) is 22.4 Å². The molecule has 0 bridgehead atoms. The number of halogens is 1. The molecule has 0 unspecified atom stereocenters. The smallest absolute Gasteiger partial charge is 0.240 e. The van der Waals surface area contributed by atoms with E-state index in [4.69, 9.17) is 10.2 Å². The van der Waals surface area contributed by atoms with Crippen LogP contribution in [-0.2, 0) is 16.4 Å². The SMILES string of the molecule is O=S(=O)(NC(CO)CO)c1ccc(CCN2CC=C(c3c[nH]c(-c4ccc(F)cc4)c3-c3ccncc3)CC2)cc1. The zero-order valence-electron chi connectivity index (χ0n) is 22.5. The maximum atomic E-state index is 13.6. The van der Waals surface area contributed by atoms with Crippen LogP contribution in [-0.4, -0.2) is 72.4 Å². The molecule has 0 radical (unpaired) electrons. The van der Waals surface area contributed by atoms with Gasteiger partial charge < -0.3 is 15.2 Å². The largest absolute Gasteiger partial charge is 0.395 e. The van der Waals surface area contributed by atoms with Gasteiger partial charge in [0.1, 0.15) is 5.82 Å². The minimum atomic E-state index is -3.82. The van der Waals surface area contributed by atoms with Crippen molar-refractivity contribution in [2.45, 2.75) is 23.8 Å². The highest BCUT2D eigenvalue weighted by molar-refractivity contribution is 7.89. The monoisotopic (exact) mass is 576 g/mol. The summed E-state index contributed by atoms with van der Waals surface area (Å²) < 4.78 is 40.8. The Kier molecular flexibility index (Phi) is 9.06. The molecule has 5 rings (SSSR count). The van der Waals surface area contributed by atoms with Gasteiger partial charge in [-0.3, -0.25) is 9.88 Å². The van der Waals surface area contributed by atoms with E-state index < -0.39 is 29.3 Å². The van der Waals surface area contributed by atoms with Crippen LogP contribution in [0.1, 0.15) is 17.5 Å². The van der Waals surface area contributed by atoms with E-state index in [0.717, 1.165) is 66.0 Å². The molecule has 1 aliphatic rings. The van der Waals surface area contributed by atoms with Crippen molar-refractivity contribution in [2.75, 3.05) is 32.8 Å². The van der Waals surface area contributed by atoms with Gasteiger partial charge >= 0.3 is 0 Å². The number of aliphatic hydroxyl groups is 2. The average Bonchev–Trinajstić information content (AvgIpc) is 3.45. The van der Waals surface area contributed by atoms with Gasteiger partial charge in [-0.1, -0.05) is 18.2 Å². The molecule has 0 atom stereocenters. The number of aliphatic hydroxyl groups excluding tert-OH is 2. The number of rotatable bonds is 11. The minimum Gasteiger partial charge on any atom is -0.395 e. The van der Waals surface area contributed by atoms with Crippen LogP contribution in [0.5, 0.6) is 0 Å². The van der Waals surface area contributed by atoms with Gasteiger partial charge in [0.05, 0.1) is 29.8 Å². The summed E-state index contributed by atoms with van der Waals surface area (Å²) in [6, 6.07) is 16.2. The molecule has 0 fully saturated rings. The maximum absolute atomic E-state index is 13.6. The molecule has 214 valence electrons. The Hall–Kier alpha value is -3.67. The molecule has 0 aliphatic carbocycles. The first-order chi connectivity index (χ1) is 19.9. The fraction of sp³-hybridized carbons (Fsp3) is 0.258. The number of H-pyrrole nitrogens is 1. The number of aromatic nitrogens is 2. The average molecular weight is 577 g/mol. The van der Waals surface area contributed by atoms with Gasteiger partial charge in [0, 0.05) is 49.4 Å². The van der Waals surface area contributed by atoms with E-state index in [-0.39, 0.29) is 10.7 Å². The van der Waals surface area contributed by atoms with Gasteiger partial charge in [-0.15, -0.1) is 0 Å². The van der Waals surface area contributed by atoms with Crippen LogP contribution >= 0.6 is 0 Å². The number of nitrogens with one attached hydrogen (secondary N) is 2. The highest BCUT2D eigenvalue weighted by atomic mass is 32.2. The van der Waals surface area contributed by atoms with Crippen molar-refractivity contribution in [3.05, 3.63) is 102 Å². The summed E-state index contributed by atoms with van der Waals surface area (Å²) in [5.74, 6) is -0.270. The van der Waals surface area contributed by atoms with Gasteiger partial charge in [-0.25, -0.2) is 17.5 Å². The lowest BCUT2D eigenvalue weighted by atomic mass is 9.92. The van der Waals surface area contributed by atoms with E-state index in [2.05, 4.69) is 25.7 Å². The van der Waals surface area contributed by atoms with E-state index in [0.29, 0.717) is 0 Å². The van der Waals surface area contributed by atoms with Crippen molar-refractivity contribution >= 4 is 15.6 Å². The third-order valence-corrected chi connectivity index (χ3v) is 8.87. The normalized spacial score (nSPS) is 14.4. The summed E-state index contributed by atoms with van der Waals surface area (Å²) in [5.41, 5.74) is 7.38. The zero-order chi connectivity index (χ0) is 28.8. The van der Waals surface area contributed by atoms with Gasteiger partial charge in [-0.05, 0) is 83.6 Å². The second-order valence-electron chi connectivity index (χ2n) is 10.1. The molecule has 2 aromatic heterocycles. The zero-order valence-corrected chi connectivity index (χ0v) is 23.3. The highest BCUT2D eigenvalue weighted by Gasteiger charge is 2.22. The molecule has 3 heterocycles. The van der Waals surface area contributed by atoms with Gasteiger partial charge in [-0.2, -0.15) is 0 Å². The highest BCUT2D eigenvalue weighted by Crippen LogP contribution is 2.39. The molecule has 0 saturated heterocycles. The second kappa shape index (κ2) is 12.9. The predicted octanol–water partition coefficient (Wildman–Crippen LogP) is 3.85. The Morgan fingerprint density at radius 2 is 1.68 bits per heavy atom. The number of aromatic amines is 1. The summed E-state index contributed by atoms with van der Waals surface area (Å²) in [6.45, 7) is 1.55. The molecule has 8 nitrogen and oxygen atoms in total. The minimum absolute atomic E-state index is 0.0928. The molecule has 2 aromatic carbocycles. The Labute approximate surface area is 239 Å². The Morgan fingerprint density at radius 3 is 2.32 bits per heavy atom. The summed E-state index contributed by atoms with van der Waals surface area (Å²) in [4.78, 5) is 10.1. The van der Waals surface area contributed by atoms with Crippen LogP contribution in [0.3, 0.4) is 0 Å². The summed E-state index contributed by atoms with van der Waals surface area (Å²) in [5, 5.41) is 18.3.